The predicted octanol–water partition coefficient (Wildman–Crippen LogP) is 4.42. The number of hydrogen-bond acceptors (Lipinski definition) is 3. The average Bonchev–Trinajstić information content (AvgIpc) is 2.29. The molecule has 2 aromatic rings. The Labute approximate surface area is 135 Å². The standard InChI is InChI=1S/C14H14ClFIN3/c1-14(2,3)11-10(17)12(18)20-13(19-11)7-4-8(15)6-9(16)5-7/h4-6H,1-3H3,(H2,18,19,20). The summed E-state index contributed by atoms with van der Waals surface area (Å²) in [6.07, 6.45) is 0. The summed E-state index contributed by atoms with van der Waals surface area (Å²) in [6, 6.07) is 4.21. The van der Waals surface area contributed by atoms with Gasteiger partial charge < -0.3 is 5.73 Å². The molecule has 3 nitrogen and oxygen atoms in total. The molecule has 1 heterocycles. The fourth-order valence-corrected chi connectivity index (χ4v) is 3.05. The summed E-state index contributed by atoms with van der Waals surface area (Å²) in [5, 5.41) is 0.304. The summed E-state index contributed by atoms with van der Waals surface area (Å²) in [6.45, 7) is 6.12. The van der Waals surface area contributed by atoms with E-state index in [2.05, 4.69) is 32.6 Å². The minimum absolute atomic E-state index is 0.181. The van der Waals surface area contributed by atoms with Crippen LogP contribution in [0.2, 0.25) is 5.02 Å². The van der Waals surface area contributed by atoms with Gasteiger partial charge in [0.2, 0.25) is 0 Å². The quantitative estimate of drug-likeness (QED) is 0.715. The molecule has 0 aliphatic rings. The number of nitrogens with two attached hydrogens (primary N) is 1. The van der Waals surface area contributed by atoms with Crippen LogP contribution in [0, 0.1) is 9.39 Å². The van der Waals surface area contributed by atoms with E-state index >= 15 is 0 Å². The van der Waals surface area contributed by atoms with Crippen molar-refractivity contribution >= 4 is 40.0 Å². The molecule has 0 bridgehead atoms. The third-order valence-corrected chi connectivity index (χ3v) is 3.99. The van der Waals surface area contributed by atoms with Crippen molar-refractivity contribution in [1.82, 2.24) is 9.97 Å². The summed E-state index contributed by atoms with van der Waals surface area (Å²) in [7, 11) is 0. The van der Waals surface area contributed by atoms with Crippen LogP contribution in [0.15, 0.2) is 18.2 Å². The summed E-state index contributed by atoms with van der Waals surface area (Å²) >= 11 is 8.00. The van der Waals surface area contributed by atoms with Gasteiger partial charge in [-0.2, -0.15) is 0 Å². The van der Waals surface area contributed by atoms with Gasteiger partial charge in [-0.25, -0.2) is 14.4 Å². The van der Waals surface area contributed by atoms with Gasteiger partial charge in [0.15, 0.2) is 5.82 Å². The molecule has 0 unspecified atom stereocenters. The van der Waals surface area contributed by atoms with Gasteiger partial charge in [0.05, 0.1) is 9.26 Å². The van der Waals surface area contributed by atoms with E-state index in [1.165, 1.54) is 12.1 Å². The molecule has 2 rings (SSSR count). The van der Waals surface area contributed by atoms with Gasteiger partial charge in [0.1, 0.15) is 11.6 Å². The second-order valence-electron chi connectivity index (χ2n) is 5.50. The van der Waals surface area contributed by atoms with Gasteiger partial charge in [-0.05, 0) is 40.8 Å². The van der Waals surface area contributed by atoms with Gasteiger partial charge >= 0.3 is 0 Å². The number of nitrogens with zero attached hydrogens (tertiary/aromatic N) is 2. The van der Waals surface area contributed by atoms with Crippen molar-refractivity contribution in [3.63, 3.8) is 0 Å². The van der Waals surface area contributed by atoms with E-state index < -0.39 is 5.82 Å². The summed E-state index contributed by atoms with van der Waals surface area (Å²) < 4.78 is 14.3. The van der Waals surface area contributed by atoms with Crippen LogP contribution in [0.25, 0.3) is 11.4 Å². The number of rotatable bonds is 1. The fraction of sp³-hybridized carbons (Fsp3) is 0.286. The highest BCUT2D eigenvalue weighted by Crippen LogP contribution is 2.31. The lowest BCUT2D eigenvalue weighted by molar-refractivity contribution is 0.564. The Morgan fingerprint density at radius 3 is 2.40 bits per heavy atom. The molecule has 1 aromatic heterocycles. The maximum absolute atomic E-state index is 13.5. The number of aromatic nitrogens is 2. The molecule has 106 valence electrons. The van der Waals surface area contributed by atoms with E-state index in [0.717, 1.165) is 9.26 Å². The number of anilines is 1. The normalized spacial score (nSPS) is 11.7. The SMILES string of the molecule is CC(C)(C)c1nc(-c2cc(F)cc(Cl)c2)nc(N)c1I. The van der Waals surface area contributed by atoms with Gasteiger partial charge in [0.25, 0.3) is 0 Å². The molecule has 0 atom stereocenters. The largest absolute Gasteiger partial charge is 0.383 e. The van der Waals surface area contributed by atoms with Crippen LogP contribution >= 0.6 is 34.2 Å². The van der Waals surface area contributed by atoms with Gasteiger partial charge in [-0.3, -0.25) is 0 Å². The molecule has 20 heavy (non-hydrogen) atoms. The lowest BCUT2D eigenvalue weighted by atomic mass is 9.92. The molecule has 0 aliphatic carbocycles. The van der Waals surface area contributed by atoms with Crippen LogP contribution in [0.5, 0.6) is 0 Å². The molecule has 0 radical (unpaired) electrons. The zero-order valence-corrected chi connectivity index (χ0v) is 14.3. The van der Waals surface area contributed by atoms with E-state index in [1.807, 2.05) is 20.8 Å². The summed E-state index contributed by atoms with van der Waals surface area (Å²) in [5.74, 6) is 0.348. The Morgan fingerprint density at radius 2 is 1.85 bits per heavy atom. The monoisotopic (exact) mass is 405 g/mol. The molecular formula is C14H14ClFIN3. The minimum Gasteiger partial charge on any atom is -0.383 e. The molecule has 0 amide bonds. The molecular weight excluding hydrogens is 392 g/mol. The van der Waals surface area contributed by atoms with Crippen molar-refractivity contribution in [3.8, 4) is 11.4 Å². The number of nitrogen functional groups attached to an aromatic ring is 1. The highest BCUT2D eigenvalue weighted by Gasteiger charge is 2.22. The van der Waals surface area contributed by atoms with Crippen LogP contribution in [0.3, 0.4) is 0 Å². The van der Waals surface area contributed by atoms with E-state index in [0.29, 0.717) is 22.2 Å². The Kier molecular flexibility index (Phi) is 4.20. The zero-order chi connectivity index (χ0) is 15.1. The first-order chi connectivity index (χ1) is 9.18. The Morgan fingerprint density at radius 1 is 1.20 bits per heavy atom. The van der Waals surface area contributed by atoms with Crippen molar-refractivity contribution in [2.24, 2.45) is 0 Å². The first-order valence-corrected chi connectivity index (χ1v) is 7.44. The molecule has 1 aromatic carbocycles. The van der Waals surface area contributed by atoms with Crippen LogP contribution in [0.4, 0.5) is 10.2 Å². The topological polar surface area (TPSA) is 51.8 Å². The Balaban J connectivity index is 2.67. The van der Waals surface area contributed by atoms with Crippen molar-refractivity contribution in [3.05, 3.63) is 38.3 Å². The Hall–Kier alpha value is -0.950. The molecule has 0 saturated carbocycles. The molecule has 2 N–H and O–H groups in total. The lowest BCUT2D eigenvalue weighted by Gasteiger charge is -2.21. The summed E-state index contributed by atoms with van der Waals surface area (Å²) in [5.41, 5.74) is 7.12. The number of halogens is 3. The third kappa shape index (κ3) is 3.20. The maximum atomic E-state index is 13.5. The Bertz CT molecular complexity index is 648. The van der Waals surface area contributed by atoms with E-state index in [1.54, 1.807) is 6.07 Å². The van der Waals surface area contributed by atoms with Crippen molar-refractivity contribution in [1.29, 1.82) is 0 Å². The predicted molar refractivity (Wildman–Crippen MR) is 88.3 cm³/mol. The number of benzene rings is 1. The van der Waals surface area contributed by atoms with Crippen molar-refractivity contribution in [2.75, 3.05) is 5.73 Å². The zero-order valence-electron chi connectivity index (χ0n) is 11.3. The minimum atomic E-state index is -0.425. The van der Waals surface area contributed by atoms with Gasteiger partial charge in [-0.15, -0.1) is 0 Å². The van der Waals surface area contributed by atoms with Crippen LogP contribution in [-0.4, -0.2) is 9.97 Å². The van der Waals surface area contributed by atoms with E-state index in [4.69, 9.17) is 17.3 Å². The smallest absolute Gasteiger partial charge is 0.162 e. The van der Waals surface area contributed by atoms with E-state index in [9.17, 15) is 4.39 Å². The van der Waals surface area contributed by atoms with Crippen LogP contribution in [0.1, 0.15) is 26.5 Å². The molecule has 0 fully saturated rings. The van der Waals surface area contributed by atoms with Gasteiger partial charge in [-0.1, -0.05) is 32.4 Å². The molecule has 0 saturated heterocycles. The molecule has 0 spiro atoms. The fourth-order valence-electron chi connectivity index (χ4n) is 1.77. The van der Waals surface area contributed by atoms with Crippen molar-refractivity contribution in [2.45, 2.75) is 26.2 Å². The second kappa shape index (κ2) is 5.44. The first kappa shape index (κ1) is 15.4. The van der Waals surface area contributed by atoms with Crippen molar-refractivity contribution < 1.29 is 4.39 Å². The second-order valence-corrected chi connectivity index (χ2v) is 7.02. The van der Waals surface area contributed by atoms with Crippen LogP contribution in [-0.2, 0) is 5.41 Å². The highest BCUT2D eigenvalue weighted by molar-refractivity contribution is 14.1. The number of hydrogen-bond donors (Lipinski definition) is 1. The van der Waals surface area contributed by atoms with Crippen LogP contribution < -0.4 is 5.73 Å². The van der Waals surface area contributed by atoms with Gasteiger partial charge in [0, 0.05) is 16.0 Å². The lowest BCUT2D eigenvalue weighted by Crippen LogP contribution is -2.18. The highest BCUT2D eigenvalue weighted by atomic mass is 127. The first-order valence-electron chi connectivity index (χ1n) is 5.98. The van der Waals surface area contributed by atoms with E-state index in [-0.39, 0.29) is 5.41 Å². The third-order valence-electron chi connectivity index (χ3n) is 2.71. The maximum Gasteiger partial charge on any atom is 0.162 e. The average molecular weight is 406 g/mol. The molecule has 0 aliphatic heterocycles. The molecule has 6 heteroatoms. The summed E-state index contributed by atoms with van der Waals surface area (Å²) in [4.78, 5) is 8.77.